The molecule has 0 aliphatic carbocycles. The second-order valence-corrected chi connectivity index (χ2v) is 9.29. The topological polar surface area (TPSA) is 95.5 Å². The molecule has 0 saturated heterocycles. The van der Waals surface area contributed by atoms with Crippen LogP contribution in [0.15, 0.2) is 72.8 Å². The Hall–Kier alpha value is -3.67. The summed E-state index contributed by atoms with van der Waals surface area (Å²) in [7, 11) is 0. The molecule has 0 aliphatic heterocycles. The van der Waals surface area contributed by atoms with Crippen LogP contribution in [-0.4, -0.2) is 28.9 Å². The molecule has 0 aromatic heterocycles. The normalized spacial score (nSPS) is 12.6. The van der Waals surface area contributed by atoms with Crippen molar-refractivity contribution in [3.8, 4) is 0 Å². The second-order valence-electron chi connectivity index (χ2n) is 9.29. The summed E-state index contributed by atoms with van der Waals surface area (Å²) in [5, 5.41) is 17.3. The molecule has 0 spiro atoms. The van der Waals surface area contributed by atoms with Crippen molar-refractivity contribution in [3.05, 3.63) is 83.9 Å². The van der Waals surface area contributed by atoms with Gasteiger partial charge in [0.1, 0.15) is 6.04 Å². The molecule has 0 heterocycles. The van der Waals surface area contributed by atoms with Gasteiger partial charge in [0.25, 0.3) is 0 Å². The van der Waals surface area contributed by atoms with E-state index in [1.165, 1.54) is 0 Å². The largest absolute Gasteiger partial charge is 0.481 e. The minimum Gasteiger partial charge on any atom is -0.481 e. The molecule has 0 unspecified atom stereocenters. The quantitative estimate of drug-likeness (QED) is 0.270. The van der Waals surface area contributed by atoms with Gasteiger partial charge in [0.2, 0.25) is 11.8 Å². The highest BCUT2D eigenvalue weighted by atomic mass is 16.4. The fraction of sp³-hybridized carbons (Fsp3) is 0.367. The summed E-state index contributed by atoms with van der Waals surface area (Å²) in [4.78, 5) is 37.8. The fourth-order valence-corrected chi connectivity index (χ4v) is 4.36. The van der Waals surface area contributed by atoms with Crippen LogP contribution in [0.25, 0.3) is 10.8 Å². The first-order chi connectivity index (χ1) is 17.5. The van der Waals surface area contributed by atoms with Crippen LogP contribution in [0.1, 0.15) is 56.6 Å². The zero-order chi connectivity index (χ0) is 25.8. The predicted molar refractivity (Wildman–Crippen MR) is 142 cm³/mol. The summed E-state index contributed by atoms with van der Waals surface area (Å²) < 4.78 is 0. The first-order valence-electron chi connectivity index (χ1n) is 12.8. The fourth-order valence-electron chi connectivity index (χ4n) is 4.36. The molecule has 2 amide bonds. The lowest BCUT2D eigenvalue weighted by molar-refractivity contribution is -0.141. The lowest BCUT2D eigenvalue weighted by Gasteiger charge is -2.22. The lowest BCUT2D eigenvalue weighted by Crippen LogP contribution is -2.49. The number of unbranched alkanes of at least 4 members (excludes halogenated alkanes) is 3. The minimum absolute atomic E-state index is 0.244. The van der Waals surface area contributed by atoms with Crippen LogP contribution in [-0.2, 0) is 27.3 Å². The predicted octanol–water partition coefficient (Wildman–Crippen LogP) is 5.24. The van der Waals surface area contributed by atoms with Gasteiger partial charge >= 0.3 is 5.97 Å². The smallest absolute Gasteiger partial charge is 0.304 e. The molecule has 6 heteroatoms. The van der Waals surface area contributed by atoms with E-state index in [-0.39, 0.29) is 18.2 Å². The molecule has 3 aromatic carbocycles. The third-order valence-electron chi connectivity index (χ3n) is 6.39. The number of fused-ring (bicyclic) bond motifs is 1. The molecular weight excluding hydrogens is 452 g/mol. The zero-order valence-corrected chi connectivity index (χ0v) is 20.9. The van der Waals surface area contributed by atoms with E-state index in [0.717, 1.165) is 47.6 Å². The SMILES string of the molecule is CCCCCC[C@@H](CC(=O)O)C(=O)N[C@@H](Cc1ccc2ccccc2c1)C(=O)NCc1ccccc1. The number of carboxylic acids is 1. The summed E-state index contributed by atoms with van der Waals surface area (Å²) in [5.74, 6) is -2.35. The number of carboxylic acid groups (broad SMARTS) is 1. The Balaban J connectivity index is 1.75. The van der Waals surface area contributed by atoms with Crippen LogP contribution in [0, 0.1) is 5.92 Å². The maximum atomic E-state index is 13.2. The van der Waals surface area contributed by atoms with Gasteiger partial charge < -0.3 is 15.7 Å². The Kier molecular flexibility index (Phi) is 10.5. The van der Waals surface area contributed by atoms with E-state index < -0.39 is 17.9 Å². The van der Waals surface area contributed by atoms with Gasteiger partial charge in [-0.25, -0.2) is 0 Å². The number of amides is 2. The molecular formula is C30H36N2O4. The van der Waals surface area contributed by atoms with E-state index in [4.69, 9.17) is 0 Å². The van der Waals surface area contributed by atoms with Gasteiger partial charge in [-0.05, 0) is 28.3 Å². The highest BCUT2D eigenvalue weighted by Gasteiger charge is 2.27. The zero-order valence-electron chi connectivity index (χ0n) is 20.9. The molecule has 3 rings (SSSR count). The molecule has 6 nitrogen and oxygen atoms in total. The van der Waals surface area contributed by atoms with Gasteiger partial charge in [-0.2, -0.15) is 0 Å². The number of benzene rings is 3. The van der Waals surface area contributed by atoms with Gasteiger partial charge in [0, 0.05) is 18.9 Å². The molecule has 0 bridgehead atoms. The van der Waals surface area contributed by atoms with E-state index in [1.807, 2.05) is 72.8 Å². The van der Waals surface area contributed by atoms with Crippen molar-refractivity contribution in [1.29, 1.82) is 0 Å². The van der Waals surface area contributed by atoms with E-state index in [0.29, 0.717) is 19.4 Å². The van der Waals surface area contributed by atoms with Crippen molar-refractivity contribution < 1.29 is 19.5 Å². The maximum Gasteiger partial charge on any atom is 0.304 e. The Bertz CT molecular complexity index is 1150. The summed E-state index contributed by atoms with van der Waals surface area (Å²) >= 11 is 0. The van der Waals surface area contributed by atoms with Gasteiger partial charge in [-0.3, -0.25) is 14.4 Å². The third kappa shape index (κ3) is 8.52. The van der Waals surface area contributed by atoms with E-state index in [1.54, 1.807) is 0 Å². The number of carbonyl (C=O) groups excluding carboxylic acids is 2. The van der Waals surface area contributed by atoms with Crippen LogP contribution in [0.4, 0.5) is 0 Å². The molecule has 3 N–H and O–H groups in total. The van der Waals surface area contributed by atoms with E-state index in [2.05, 4.69) is 17.6 Å². The van der Waals surface area contributed by atoms with Crippen molar-refractivity contribution in [2.24, 2.45) is 5.92 Å². The lowest BCUT2D eigenvalue weighted by atomic mass is 9.95. The molecule has 0 saturated carbocycles. The van der Waals surface area contributed by atoms with Crippen molar-refractivity contribution in [2.45, 2.75) is 64.5 Å². The number of aliphatic carboxylic acids is 1. The summed E-state index contributed by atoms with van der Waals surface area (Å²) in [6, 6.07) is 22.8. The van der Waals surface area contributed by atoms with Crippen molar-refractivity contribution in [3.63, 3.8) is 0 Å². The Morgan fingerprint density at radius 2 is 1.53 bits per heavy atom. The van der Waals surface area contributed by atoms with Crippen LogP contribution < -0.4 is 10.6 Å². The van der Waals surface area contributed by atoms with E-state index in [9.17, 15) is 19.5 Å². The van der Waals surface area contributed by atoms with Gasteiger partial charge in [-0.1, -0.05) is 105 Å². The molecule has 190 valence electrons. The van der Waals surface area contributed by atoms with Crippen LogP contribution in [0.5, 0.6) is 0 Å². The van der Waals surface area contributed by atoms with Crippen LogP contribution in [0.2, 0.25) is 0 Å². The summed E-state index contributed by atoms with van der Waals surface area (Å²) in [6.07, 6.45) is 4.41. The summed E-state index contributed by atoms with van der Waals surface area (Å²) in [5.41, 5.74) is 1.88. The van der Waals surface area contributed by atoms with Crippen LogP contribution in [0.3, 0.4) is 0 Å². The van der Waals surface area contributed by atoms with Crippen molar-refractivity contribution in [1.82, 2.24) is 10.6 Å². The van der Waals surface area contributed by atoms with Crippen molar-refractivity contribution in [2.75, 3.05) is 0 Å². The molecule has 3 aromatic rings. The monoisotopic (exact) mass is 488 g/mol. The number of carbonyl (C=O) groups is 3. The molecule has 0 radical (unpaired) electrons. The van der Waals surface area contributed by atoms with Gasteiger partial charge in [-0.15, -0.1) is 0 Å². The summed E-state index contributed by atoms with van der Waals surface area (Å²) in [6.45, 7) is 2.45. The highest BCUT2D eigenvalue weighted by molar-refractivity contribution is 5.90. The number of rotatable bonds is 14. The first kappa shape index (κ1) is 26.9. The Morgan fingerprint density at radius 3 is 2.25 bits per heavy atom. The standard InChI is InChI=1S/C30H36N2O4/c1-2-3-4-8-15-26(20-28(33)34)29(35)32-27(30(36)31-21-22-11-6-5-7-12-22)19-23-16-17-24-13-9-10-14-25(24)18-23/h5-7,9-14,16-18,26-27H,2-4,8,15,19-21H2,1H3,(H,31,36)(H,32,35)(H,33,34)/t26-,27-/m0/s1. The molecule has 0 aliphatic rings. The van der Waals surface area contributed by atoms with Gasteiger partial charge in [0.15, 0.2) is 0 Å². The first-order valence-corrected chi connectivity index (χ1v) is 12.8. The molecule has 0 fully saturated rings. The third-order valence-corrected chi connectivity index (χ3v) is 6.39. The number of nitrogens with one attached hydrogen (secondary N) is 2. The number of hydrogen-bond donors (Lipinski definition) is 3. The van der Waals surface area contributed by atoms with Crippen molar-refractivity contribution >= 4 is 28.6 Å². The minimum atomic E-state index is -1.01. The Morgan fingerprint density at radius 1 is 0.806 bits per heavy atom. The average molecular weight is 489 g/mol. The molecule has 36 heavy (non-hydrogen) atoms. The Labute approximate surface area is 213 Å². The molecule has 2 atom stereocenters. The maximum absolute atomic E-state index is 13.2. The second kappa shape index (κ2) is 14.0. The van der Waals surface area contributed by atoms with E-state index >= 15 is 0 Å². The number of hydrogen-bond acceptors (Lipinski definition) is 3. The van der Waals surface area contributed by atoms with Crippen LogP contribution >= 0.6 is 0 Å². The highest BCUT2D eigenvalue weighted by Crippen LogP contribution is 2.19. The van der Waals surface area contributed by atoms with Gasteiger partial charge in [0.05, 0.1) is 6.42 Å². The average Bonchev–Trinajstić information content (AvgIpc) is 2.89.